The Kier molecular flexibility index (Phi) is 6.50. The topological polar surface area (TPSA) is 98.2 Å². The molecule has 7 nitrogen and oxygen atoms in total. The number of benzene rings is 1. The van der Waals surface area contributed by atoms with Gasteiger partial charge in [-0.1, -0.05) is 24.3 Å². The van der Waals surface area contributed by atoms with Crippen molar-refractivity contribution in [3.63, 3.8) is 0 Å². The van der Waals surface area contributed by atoms with Gasteiger partial charge in [-0.2, -0.15) is 4.98 Å². The Bertz CT molecular complexity index is 1040. The summed E-state index contributed by atoms with van der Waals surface area (Å²) in [4.78, 5) is 21.1. The molecule has 0 bridgehead atoms. The lowest BCUT2D eigenvalue weighted by molar-refractivity contribution is 0.0942. The lowest BCUT2D eigenvalue weighted by atomic mass is 10.0. The molecule has 1 aromatic carbocycles. The molecule has 0 aliphatic heterocycles. The standard InChI is InChI=1S/C21H24FN3O4S/c1-15(10-13-30(2,27)28)24-18(26)17-14-23-20(21(22)11-6-7-12-21)25-19(17)29-16-8-4-3-5-9-16/h3-5,8-10,13-15H,6-7,11-12H2,1-2H3,(H,24,26)/b13-10+/t15-/m0/s1. The molecule has 1 amide bonds. The van der Waals surface area contributed by atoms with Gasteiger partial charge in [-0.05, 0) is 44.7 Å². The zero-order valence-electron chi connectivity index (χ0n) is 16.8. The first-order chi connectivity index (χ1) is 14.2. The Morgan fingerprint density at radius 1 is 1.27 bits per heavy atom. The number of carbonyl (C=O) groups excluding carboxylic acids is 1. The van der Waals surface area contributed by atoms with E-state index in [4.69, 9.17) is 4.74 Å². The number of carbonyl (C=O) groups is 1. The van der Waals surface area contributed by atoms with Gasteiger partial charge < -0.3 is 10.1 Å². The van der Waals surface area contributed by atoms with Crippen LogP contribution in [-0.2, 0) is 15.5 Å². The van der Waals surface area contributed by atoms with E-state index in [0.717, 1.165) is 24.5 Å². The second-order valence-electron chi connectivity index (χ2n) is 7.42. The second kappa shape index (κ2) is 8.91. The summed E-state index contributed by atoms with van der Waals surface area (Å²) >= 11 is 0. The summed E-state index contributed by atoms with van der Waals surface area (Å²) in [5.41, 5.74) is -1.60. The minimum absolute atomic E-state index is 0.00695. The van der Waals surface area contributed by atoms with Crippen molar-refractivity contribution in [2.45, 2.75) is 44.3 Å². The third-order valence-electron chi connectivity index (χ3n) is 4.73. The normalized spacial score (nSPS) is 17.0. The zero-order valence-corrected chi connectivity index (χ0v) is 17.7. The monoisotopic (exact) mass is 433 g/mol. The SMILES string of the molecule is C[C@@H](/C=C/S(C)(=O)=O)NC(=O)c1cnc(C2(F)CCCC2)nc1Oc1ccccc1. The van der Waals surface area contributed by atoms with Gasteiger partial charge in [-0.25, -0.2) is 17.8 Å². The quantitative estimate of drug-likeness (QED) is 0.715. The van der Waals surface area contributed by atoms with Crippen LogP contribution in [0, 0.1) is 0 Å². The van der Waals surface area contributed by atoms with Gasteiger partial charge in [-0.15, -0.1) is 0 Å². The fraction of sp³-hybridized carbons (Fsp3) is 0.381. The van der Waals surface area contributed by atoms with Crippen molar-refractivity contribution < 1.29 is 22.3 Å². The van der Waals surface area contributed by atoms with Gasteiger partial charge in [0.1, 0.15) is 11.3 Å². The minimum atomic E-state index is -3.31. The van der Waals surface area contributed by atoms with E-state index in [-0.39, 0.29) is 17.3 Å². The molecule has 0 saturated heterocycles. The number of nitrogens with one attached hydrogen (secondary N) is 1. The molecule has 1 N–H and O–H groups in total. The van der Waals surface area contributed by atoms with Crippen LogP contribution in [0.5, 0.6) is 11.6 Å². The van der Waals surface area contributed by atoms with Crippen LogP contribution in [0.2, 0.25) is 0 Å². The number of ether oxygens (including phenoxy) is 1. The van der Waals surface area contributed by atoms with Gasteiger partial charge >= 0.3 is 0 Å². The van der Waals surface area contributed by atoms with Crippen molar-refractivity contribution in [1.29, 1.82) is 0 Å². The first kappa shape index (κ1) is 21.9. The van der Waals surface area contributed by atoms with Crippen molar-refractivity contribution in [3.05, 3.63) is 59.4 Å². The number of sulfone groups is 1. The largest absolute Gasteiger partial charge is 0.438 e. The number of rotatable bonds is 7. The van der Waals surface area contributed by atoms with E-state index in [1.807, 2.05) is 6.07 Å². The van der Waals surface area contributed by atoms with Gasteiger partial charge in [0.2, 0.25) is 5.88 Å². The summed E-state index contributed by atoms with van der Waals surface area (Å²) in [5.74, 6) is -0.155. The number of aromatic nitrogens is 2. The van der Waals surface area contributed by atoms with Gasteiger partial charge in [0.25, 0.3) is 5.91 Å². The molecular weight excluding hydrogens is 409 g/mol. The molecule has 9 heteroatoms. The van der Waals surface area contributed by atoms with Crippen LogP contribution >= 0.6 is 0 Å². The average Bonchev–Trinajstić information content (AvgIpc) is 3.14. The summed E-state index contributed by atoms with van der Waals surface area (Å²) < 4.78 is 43.5. The molecule has 1 atom stereocenters. The molecular formula is C21H24FN3O4S. The maximum atomic E-state index is 15.2. The number of amides is 1. The third-order valence-corrected chi connectivity index (χ3v) is 5.38. The second-order valence-corrected chi connectivity index (χ2v) is 9.35. The molecule has 1 fully saturated rings. The maximum absolute atomic E-state index is 15.2. The number of hydrogen-bond donors (Lipinski definition) is 1. The molecule has 1 aliphatic carbocycles. The van der Waals surface area contributed by atoms with Crippen molar-refractivity contribution in [2.75, 3.05) is 6.26 Å². The predicted octanol–water partition coefficient (Wildman–Crippen LogP) is 3.68. The number of halogens is 1. The van der Waals surface area contributed by atoms with Crippen LogP contribution in [0.1, 0.15) is 48.8 Å². The van der Waals surface area contributed by atoms with Crippen LogP contribution in [-0.4, -0.2) is 36.6 Å². The molecule has 0 unspecified atom stereocenters. The highest BCUT2D eigenvalue weighted by Gasteiger charge is 2.39. The molecule has 3 rings (SSSR count). The van der Waals surface area contributed by atoms with Crippen molar-refractivity contribution in [3.8, 4) is 11.6 Å². The van der Waals surface area contributed by atoms with E-state index in [0.29, 0.717) is 18.6 Å². The van der Waals surface area contributed by atoms with Gasteiger partial charge in [0.05, 0.1) is 0 Å². The van der Waals surface area contributed by atoms with E-state index in [2.05, 4.69) is 15.3 Å². The van der Waals surface area contributed by atoms with E-state index in [9.17, 15) is 13.2 Å². The first-order valence-corrected chi connectivity index (χ1v) is 11.6. The molecule has 2 aromatic rings. The molecule has 1 heterocycles. The maximum Gasteiger partial charge on any atom is 0.258 e. The molecule has 1 aromatic heterocycles. The molecule has 1 aliphatic rings. The minimum Gasteiger partial charge on any atom is -0.438 e. The highest BCUT2D eigenvalue weighted by atomic mass is 32.2. The van der Waals surface area contributed by atoms with Gasteiger partial charge in [0, 0.05) is 23.9 Å². The third kappa shape index (κ3) is 5.63. The van der Waals surface area contributed by atoms with E-state index in [1.165, 1.54) is 12.3 Å². The Labute approximate surface area is 175 Å². The summed E-state index contributed by atoms with van der Waals surface area (Å²) in [6.45, 7) is 1.63. The summed E-state index contributed by atoms with van der Waals surface area (Å²) in [6, 6.07) is 8.17. The number of alkyl halides is 1. The molecule has 160 valence electrons. The van der Waals surface area contributed by atoms with Gasteiger partial charge in [0.15, 0.2) is 21.3 Å². The summed E-state index contributed by atoms with van der Waals surface area (Å²) in [5, 5.41) is 3.67. The summed E-state index contributed by atoms with van der Waals surface area (Å²) in [7, 11) is -3.31. The number of hydrogen-bond acceptors (Lipinski definition) is 6. The Hall–Kier alpha value is -2.81. The first-order valence-electron chi connectivity index (χ1n) is 9.65. The predicted molar refractivity (Wildman–Crippen MR) is 111 cm³/mol. The highest BCUT2D eigenvalue weighted by Crippen LogP contribution is 2.41. The smallest absolute Gasteiger partial charge is 0.258 e. The van der Waals surface area contributed by atoms with Crippen LogP contribution in [0.15, 0.2) is 48.0 Å². The van der Waals surface area contributed by atoms with Crippen molar-refractivity contribution >= 4 is 15.7 Å². The average molecular weight is 434 g/mol. The van der Waals surface area contributed by atoms with E-state index in [1.54, 1.807) is 31.2 Å². The van der Waals surface area contributed by atoms with Gasteiger partial charge in [-0.3, -0.25) is 4.79 Å². The fourth-order valence-corrected chi connectivity index (χ4v) is 3.69. The van der Waals surface area contributed by atoms with Crippen LogP contribution in [0.4, 0.5) is 4.39 Å². The Balaban J connectivity index is 1.90. The Morgan fingerprint density at radius 2 is 1.93 bits per heavy atom. The molecule has 0 radical (unpaired) electrons. The van der Waals surface area contributed by atoms with Crippen LogP contribution in [0.3, 0.4) is 0 Å². The van der Waals surface area contributed by atoms with Crippen LogP contribution < -0.4 is 10.1 Å². The lowest BCUT2D eigenvalue weighted by Crippen LogP contribution is -2.32. The van der Waals surface area contributed by atoms with E-state index < -0.39 is 27.5 Å². The molecule has 1 saturated carbocycles. The zero-order chi connectivity index (χ0) is 21.8. The lowest BCUT2D eigenvalue weighted by Gasteiger charge is -2.19. The highest BCUT2D eigenvalue weighted by molar-refractivity contribution is 7.93. The van der Waals surface area contributed by atoms with E-state index >= 15 is 4.39 Å². The van der Waals surface area contributed by atoms with Crippen LogP contribution in [0.25, 0.3) is 0 Å². The number of nitrogens with zero attached hydrogens (tertiary/aromatic N) is 2. The summed E-state index contributed by atoms with van der Waals surface area (Å²) in [6.07, 6.45) is 5.83. The molecule has 0 spiro atoms. The van der Waals surface area contributed by atoms with Crippen molar-refractivity contribution in [2.24, 2.45) is 0 Å². The molecule has 30 heavy (non-hydrogen) atoms. The number of para-hydroxylation sites is 1. The van der Waals surface area contributed by atoms with Crippen molar-refractivity contribution in [1.82, 2.24) is 15.3 Å². The Morgan fingerprint density at radius 3 is 2.57 bits per heavy atom. The fourth-order valence-electron chi connectivity index (χ4n) is 3.17.